The van der Waals surface area contributed by atoms with Crippen molar-refractivity contribution in [2.45, 2.75) is 25.8 Å². The first-order valence-corrected chi connectivity index (χ1v) is 3.91. The fraction of sp³-hybridized carbons (Fsp3) is 0.400. The van der Waals surface area contributed by atoms with Crippen molar-refractivity contribution < 1.29 is 12.4 Å². The third-order valence-corrected chi connectivity index (χ3v) is 1.50. The molecule has 0 fully saturated rings. The van der Waals surface area contributed by atoms with Gasteiger partial charge in [-0.3, -0.25) is 0 Å². The molecule has 0 unspecified atom stereocenters. The summed E-state index contributed by atoms with van der Waals surface area (Å²) >= 11 is 0. The lowest BCUT2D eigenvalue weighted by atomic mass is 9.96. The Balaban J connectivity index is 0.00000121. The summed E-state index contributed by atoms with van der Waals surface area (Å²) in [4.78, 5) is 0. The van der Waals surface area contributed by atoms with Gasteiger partial charge in [-0.1, -0.05) is 30.3 Å². The summed E-state index contributed by atoms with van der Waals surface area (Å²) in [5.74, 6) is 0. The van der Waals surface area contributed by atoms with Crippen molar-refractivity contribution >= 4 is 0 Å². The normalized spacial score (nSPS) is 10.6. The summed E-state index contributed by atoms with van der Waals surface area (Å²) in [6.45, 7) is 4.08. The van der Waals surface area contributed by atoms with E-state index >= 15 is 0 Å². The van der Waals surface area contributed by atoms with Gasteiger partial charge in [0.2, 0.25) is 0 Å². The molecule has 2 N–H and O–H groups in total. The number of hydrogen-bond donors (Lipinski definition) is 1. The molecule has 0 saturated carbocycles. The molecule has 0 spiro atoms. The van der Waals surface area contributed by atoms with Crippen LogP contribution in [0.5, 0.6) is 0 Å². The van der Waals surface area contributed by atoms with Gasteiger partial charge in [-0.2, -0.15) is 0 Å². The Bertz CT molecular complexity index is 213. The molecule has 0 atom stereocenters. The fourth-order valence-electron chi connectivity index (χ4n) is 1.12. The highest BCUT2D eigenvalue weighted by Gasteiger charge is 2.10. The van der Waals surface area contributed by atoms with E-state index in [0.29, 0.717) is 0 Å². The van der Waals surface area contributed by atoms with E-state index < -0.39 is 0 Å². The van der Waals surface area contributed by atoms with Crippen LogP contribution < -0.4 is 18.1 Å². The molecule has 0 radical (unpaired) electrons. The third-order valence-electron chi connectivity index (χ3n) is 1.50. The van der Waals surface area contributed by atoms with Crippen LogP contribution in [0.1, 0.15) is 19.4 Å². The summed E-state index contributed by atoms with van der Waals surface area (Å²) in [7, 11) is 0. The van der Waals surface area contributed by atoms with E-state index in [2.05, 4.69) is 12.1 Å². The Morgan fingerprint density at radius 2 is 1.67 bits per heavy atom. The van der Waals surface area contributed by atoms with E-state index in [0.717, 1.165) is 6.42 Å². The predicted molar refractivity (Wildman–Crippen MR) is 48.4 cm³/mol. The lowest BCUT2D eigenvalue weighted by Gasteiger charge is -2.17. The highest BCUT2D eigenvalue weighted by molar-refractivity contribution is 5.16. The zero-order valence-electron chi connectivity index (χ0n) is 7.55. The van der Waals surface area contributed by atoms with Gasteiger partial charge in [-0.25, -0.2) is 0 Å². The van der Waals surface area contributed by atoms with Crippen LogP contribution in [0.2, 0.25) is 0 Å². The van der Waals surface area contributed by atoms with Crippen LogP contribution in [0.4, 0.5) is 0 Å². The molecule has 1 aromatic carbocycles. The number of hydrogen-bond acceptors (Lipinski definition) is 1. The number of rotatable bonds is 2. The number of benzene rings is 1. The van der Waals surface area contributed by atoms with Gasteiger partial charge in [0.1, 0.15) is 0 Å². The van der Waals surface area contributed by atoms with Gasteiger partial charge in [0, 0.05) is 5.54 Å². The van der Waals surface area contributed by atoms with E-state index in [1.807, 2.05) is 32.0 Å². The van der Waals surface area contributed by atoms with E-state index in [4.69, 9.17) is 5.73 Å². The Morgan fingerprint density at radius 1 is 1.17 bits per heavy atom. The molecule has 1 rings (SSSR count). The van der Waals surface area contributed by atoms with Crippen molar-refractivity contribution in [2.75, 3.05) is 0 Å². The van der Waals surface area contributed by atoms with Crippen LogP contribution in [-0.2, 0) is 6.42 Å². The molecule has 0 saturated heterocycles. The van der Waals surface area contributed by atoms with Crippen LogP contribution in [0.3, 0.4) is 0 Å². The molecule has 0 bridgehead atoms. The van der Waals surface area contributed by atoms with Crippen molar-refractivity contribution in [3.63, 3.8) is 0 Å². The molecule has 0 aliphatic heterocycles. The smallest absolute Gasteiger partial charge is 0.0138 e. The molecule has 1 nitrogen and oxygen atoms in total. The van der Waals surface area contributed by atoms with Gasteiger partial charge in [-0.15, -0.1) is 0 Å². The molecule has 0 aliphatic rings. The minimum atomic E-state index is -0.0959. The predicted octanol–water partition coefficient (Wildman–Crippen LogP) is -1.03. The molecule has 12 heavy (non-hydrogen) atoms. The molecule has 0 aromatic heterocycles. The second-order valence-corrected chi connectivity index (χ2v) is 3.65. The minimum Gasteiger partial charge on any atom is -1.00 e. The van der Waals surface area contributed by atoms with Crippen molar-refractivity contribution in [3.8, 4) is 0 Å². The molecule has 0 aliphatic carbocycles. The first kappa shape index (κ1) is 11.5. The zero-order valence-corrected chi connectivity index (χ0v) is 8.31. The summed E-state index contributed by atoms with van der Waals surface area (Å²) in [5, 5.41) is 0. The highest BCUT2D eigenvalue weighted by atomic mass is 35.5. The quantitative estimate of drug-likeness (QED) is 0.625. The van der Waals surface area contributed by atoms with Gasteiger partial charge in [0.15, 0.2) is 0 Å². The SMILES string of the molecule is CC(C)(N)Cc1ccccc1.[Cl-]. The van der Waals surface area contributed by atoms with Crippen LogP contribution in [0.25, 0.3) is 0 Å². The molecule has 0 heterocycles. The van der Waals surface area contributed by atoms with Crippen molar-refractivity contribution in [1.82, 2.24) is 0 Å². The van der Waals surface area contributed by atoms with E-state index in [1.165, 1.54) is 5.56 Å². The van der Waals surface area contributed by atoms with E-state index in [-0.39, 0.29) is 17.9 Å². The maximum absolute atomic E-state index is 5.87. The molecule has 2 heteroatoms. The Morgan fingerprint density at radius 3 is 2.08 bits per heavy atom. The average Bonchev–Trinajstić information content (AvgIpc) is 1.85. The monoisotopic (exact) mass is 184 g/mol. The van der Waals surface area contributed by atoms with Gasteiger partial charge in [0.25, 0.3) is 0 Å². The van der Waals surface area contributed by atoms with Gasteiger partial charge >= 0.3 is 0 Å². The van der Waals surface area contributed by atoms with E-state index in [1.54, 1.807) is 0 Å². The summed E-state index contributed by atoms with van der Waals surface area (Å²) < 4.78 is 0. The van der Waals surface area contributed by atoms with Gasteiger partial charge < -0.3 is 18.1 Å². The lowest BCUT2D eigenvalue weighted by Crippen LogP contribution is -3.00. The number of nitrogens with two attached hydrogens (primary N) is 1. The summed E-state index contributed by atoms with van der Waals surface area (Å²) in [5.41, 5.74) is 7.08. The Labute approximate surface area is 80.4 Å². The van der Waals surface area contributed by atoms with Crippen LogP contribution in [-0.4, -0.2) is 5.54 Å². The van der Waals surface area contributed by atoms with Crippen LogP contribution >= 0.6 is 0 Å². The van der Waals surface area contributed by atoms with Crippen LogP contribution in [0, 0.1) is 0 Å². The molecular formula is C10H15ClN-. The second kappa shape index (κ2) is 4.48. The Kier molecular flexibility index (Phi) is 4.29. The minimum absolute atomic E-state index is 0. The van der Waals surface area contributed by atoms with Crippen molar-refractivity contribution in [2.24, 2.45) is 5.73 Å². The maximum Gasteiger partial charge on any atom is 0.0138 e. The first-order valence-electron chi connectivity index (χ1n) is 3.91. The standard InChI is InChI=1S/C10H15N.ClH/c1-10(2,11)8-9-6-4-3-5-7-9;/h3-7H,8,11H2,1-2H3;1H/p-1. The second-order valence-electron chi connectivity index (χ2n) is 3.65. The zero-order chi connectivity index (χ0) is 8.32. The maximum atomic E-state index is 5.87. The van der Waals surface area contributed by atoms with Crippen LogP contribution in [0.15, 0.2) is 30.3 Å². The largest absolute Gasteiger partial charge is 1.00 e. The van der Waals surface area contributed by atoms with Gasteiger partial charge in [-0.05, 0) is 25.8 Å². The fourth-order valence-corrected chi connectivity index (χ4v) is 1.12. The topological polar surface area (TPSA) is 26.0 Å². The molecule has 0 amide bonds. The third kappa shape index (κ3) is 4.37. The summed E-state index contributed by atoms with van der Waals surface area (Å²) in [6.07, 6.45) is 0.938. The molecule has 1 aromatic rings. The first-order chi connectivity index (χ1) is 5.08. The average molecular weight is 185 g/mol. The Hall–Kier alpha value is -0.530. The molecular weight excluding hydrogens is 170 g/mol. The van der Waals surface area contributed by atoms with Crippen molar-refractivity contribution in [3.05, 3.63) is 35.9 Å². The lowest BCUT2D eigenvalue weighted by molar-refractivity contribution is -0.00000310. The van der Waals surface area contributed by atoms with Crippen molar-refractivity contribution in [1.29, 1.82) is 0 Å². The van der Waals surface area contributed by atoms with E-state index in [9.17, 15) is 0 Å². The summed E-state index contributed by atoms with van der Waals surface area (Å²) in [6, 6.07) is 10.3. The number of halogens is 1. The molecule has 68 valence electrons. The van der Waals surface area contributed by atoms with Gasteiger partial charge in [0.05, 0.1) is 0 Å². The highest BCUT2D eigenvalue weighted by Crippen LogP contribution is 2.08.